The first kappa shape index (κ1) is 11.9. The lowest BCUT2D eigenvalue weighted by atomic mass is 9.89. The predicted octanol–water partition coefficient (Wildman–Crippen LogP) is 1.01. The summed E-state index contributed by atoms with van der Waals surface area (Å²) in [7, 11) is 0. The van der Waals surface area contributed by atoms with Crippen molar-refractivity contribution in [3.8, 4) is 0 Å². The van der Waals surface area contributed by atoms with Gasteiger partial charge in [0.1, 0.15) is 5.54 Å². The Bertz CT molecular complexity index is 394. The minimum Gasteiger partial charge on any atom is -0.370 e. The number of rotatable bonds is 3. The molecule has 0 saturated carbocycles. The summed E-state index contributed by atoms with van der Waals surface area (Å²) in [6.07, 6.45) is 1.74. The largest absolute Gasteiger partial charge is 0.370 e. The van der Waals surface area contributed by atoms with Gasteiger partial charge in [-0.25, -0.2) is 0 Å². The number of primary amides is 1. The van der Waals surface area contributed by atoms with Gasteiger partial charge >= 0.3 is 0 Å². The van der Waals surface area contributed by atoms with Gasteiger partial charge in [0, 0.05) is 12.2 Å². The van der Waals surface area contributed by atoms with E-state index in [-0.39, 0.29) is 5.91 Å². The summed E-state index contributed by atoms with van der Waals surface area (Å²) in [6.45, 7) is 3.58. The van der Waals surface area contributed by atoms with Gasteiger partial charge in [0.2, 0.25) is 5.91 Å². The Hall–Kier alpha value is -1.55. The van der Waals surface area contributed by atoms with Crippen LogP contribution in [0, 0.1) is 6.92 Å². The van der Waals surface area contributed by atoms with Gasteiger partial charge in [-0.1, -0.05) is 17.7 Å². The van der Waals surface area contributed by atoms with E-state index < -0.39 is 5.54 Å². The van der Waals surface area contributed by atoms with Gasteiger partial charge < -0.3 is 16.4 Å². The molecule has 4 heteroatoms. The third kappa shape index (κ3) is 2.58. The molecule has 0 aromatic heterocycles. The summed E-state index contributed by atoms with van der Waals surface area (Å²) in [5.41, 5.74) is 7.04. The van der Waals surface area contributed by atoms with Gasteiger partial charge in [-0.15, -0.1) is 0 Å². The van der Waals surface area contributed by atoms with Crippen LogP contribution in [0.1, 0.15) is 18.4 Å². The van der Waals surface area contributed by atoms with Crippen molar-refractivity contribution in [3.05, 3.63) is 29.8 Å². The van der Waals surface area contributed by atoms with Crippen LogP contribution in [0.15, 0.2) is 24.3 Å². The molecule has 0 radical (unpaired) electrons. The van der Waals surface area contributed by atoms with Crippen LogP contribution >= 0.6 is 0 Å². The molecule has 1 atom stereocenters. The zero-order chi connectivity index (χ0) is 12.3. The van der Waals surface area contributed by atoms with Gasteiger partial charge in [0.25, 0.3) is 0 Å². The van der Waals surface area contributed by atoms with Crippen molar-refractivity contribution in [2.75, 3.05) is 18.4 Å². The Kier molecular flexibility index (Phi) is 3.33. The first-order valence-electron chi connectivity index (χ1n) is 5.98. The molecule has 4 nitrogen and oxygen atoms in total. The Morgan fingerprint density at radius 2 is 2.12 bits per heavy atom. The van der Waals surface area contributed by atoms with Crippen LogP contribution in [0.25, 0.3) is 0 Å². The average Bonchev–Trinajstić information content (AvgIpc) is 2.33. The van der Waals surface area contributed by atoms with Crippen molar-refractivity contribution in [1.29, 1.82) is 0 Å². The molecule has 0 aliphatic carbocycles. The van der Waals surface area contributed by atoms with Crippen LogP contribution in [-0.4, -0.2) is 24.5 Å². The molecule has 1 aromatic carbocycles. The number of hydrogen-bond donors (Lipinski definition) is 3. The maximum atomic E-state index is 11.7. The van der Waals surface area contributed by atoms with E-state index >= 15 is 0 Å². The van der Waals surface area contributed by atoms with Gasteiger partial charge in [-0.05, 0) is 38.4 Å². The molecule has 1 saturated heterocycles. The van der Waals surface area contributed by atoms with Crippen molar-refractivity contribution in [3.63, 3.8) is 0 Å². The quantitative estimate of drug-likeness (QED) is 0.730. The van der Waals surface area contributed by atoms with E-state index in [1.54, 1.807) is 0 Å². The fourth-order valence-corrected chi connectivity index (χ4v) is 2.20. The average molecular weight is 233 g/mol. The van der Waals surface area contributed by atoms with Crippen LogP contribution < -0.4 is 16.4 Å². The molecular formula is C13H19N3O. The molecule has 1 aliphatic rings. The number of piperidine rings is 1. The van der Waals surface area contributed by atoms with Crippen LogP contribution in [0.3, 0.4) is 0 Å². The van der Waals surface area contributed by atoms with Gasteiger partial charge in [-0.2, -0.15) is 0 Å². The van der Waals surface area contributed by atoms with Gasteiger partial charge in [-0.3, -0.25) is 4.79 Å². The van der Waals surface area contributed by atoms with Crippen molar-refractivity contribution >= 4 is 11.6 Å². The summed E-state index contributed by atoms with van der Waals surface area (Å²) in [5, 5.41) is 6.51. The number of hydrogen-bond acceptors (Lipinski definition) is 3. The smallest absolute Gasteiger partial charge is 0.244 e. The number of anilines is 1. The van der Waals surface area contributed by atoms with Crippen LogP contribution in [0.2, 0.25) is 0 Å². The van der Waals surface area contributed by atoms with E-state index in [4.69, 9.17) is 5.73 Å². The fraction of sp³-hybridized carbons (Fsp3) is 0.462. The normalized spacial score (nSPS) is 24.3. The van der Waals surface area contributed by atoms with E-state index in [0.29, 0.717) is 6.54 Å². The molecule has 1 unspecified atom stereocenters. The van der Waals surface area contributed by atoms with Crippen molar-refractivity contribution in [1.82, 2.24) is 5.32 Å². The number of carbonyl (C=O) groups is 1. The Morgan fingerprint density at radius 3 is 2.65 bits per heavy atom. The van der Waals surface area contributed by atoms with Crippen LogP contribution in [0.4, 0.5) is 5.69 Å². The maximum Gasteiger partial charge on any atom is 0.244 e. The third-order valence-corrected chi connectivity index (χ3v) is 3.29. The van der Waals surface area contributed by atoms with E-state index in [0.717, 1.165) is 25.1 Å². The number of amides is 1. The highest BCUT2D eigenvalue weighted by molar-refractivity contribution is 5.88. The predicted molar refractivity (Wildman–Crippen MR) is 68.8 cm³/mol. The standard InChI is InChI=1S/C13H19N3O/c1-10-3-5-11(6-4-10)16-13(12(14)17)7-2-8-15-9-13/h3-6,15-16H,2,7-9H2,1H3,(H2,14,17). The monoisotopic (exact) mass is 233 g/mol. The highest BCUT2D eigenvalue weighted by atomic mass is 16.1. The number of aryl methyl sites for hydroxylation is 1. The summed E-state index contributed by atoms with van der Waals surface area (Å²) in [5.74, 6) is -0.287. The summed E-state index contributed by atoms with van der Waals surface area (Å²) in [4.78, 5) is 11.7. The highest BCUT2D eigenvalue weighted by Crippen LogP contribution is 2.22. The number of carbonyl (C=O) groups excluding carboxylic acids is 1. The third-order valence-electron chi connectivity index (χ3n) is 3.29. The lowest BCUT2D eigenvalue weighted by Crippen LogP contribution is -2.59. The molecule has 17 heavy (non-hydrogen) atoms. The topological polar surface area (TPSA) is 67.1 Å². The molecule has 1 amide bonds. The number of nitrogens with one attached hydrogen (secondary N) is 2. The molecule has 1 aromatic rings. The van der Waals surface area contributed by atoms with Crippen LogP contribution in [0.5, 0.6) is 0 Å². The van der Waals surface area contributed by atoms with Crippen molar-refractivity contribution in [2.45, 2.75) is 25.3 Å². The van der Waals surface area contributed by atoms with Gasteiger partial charge in [0.05, 0.1) is 0 Å². The molecule has 0 bridgehead atoms. The van der Waals surface area contributed by atoms with Crippen molar-refractivity contribution in [2.24, 2.45) is 5.73 Å². The second kappa shape index (κ2) is 4.75. The summed E-state index contributed by atoms with van der Waals surface area (Å²) in [6, 6.07) is 8.00. The molecule has 2 rings (SSSR count). The van der Waals surface area contributed by atoms with Crippen molar-refractivity contribution < 1.29 is 4.79 Å². The molecule has 1 heterocycles. The molecule has 1 fully saturated rings. The molecule has 1 aliphatic heterocycles. The molecular weight excluding hydrogens is 214 g/mol. The fourth-order valence-electron chi connectivity index (χ4n) is 2.20. The Balaban J connectivity index is 2.17. The van der Waals surface area contributed by atoms with E-state index in [1.807, 2.05) is 31.2 Å². The Labute approximate surface area is 102 Å². The highest BCUT2D eigenvalue weighted by Gasteiger charge is 2.37. The van der Waals surface area contributed by atoms with E-state index in [1.165, 1.54) is 5.56 Å². The SMILES string of the molecule is Cc1ccc(NC2(C(N)=O)CCCNC2)cc1. The maximum absolute atomic E-state index is 11.7. The minimum absolute atomic E-state index is 0.287. The first-order valence-corrected chi connectivity index (χ1v) is 5.98. The minimum atomic E-state index is -0.645. The van der Waals surface area contributed by atoms with E-state index in [2.05, 4.69) is 10.6 Å². The molecule has 92 valence electrons. The summed E-state index contributed by atoms with van der Waals surface area (Å²) >= 11 is 0. The van der Waals surface area contributed by atoms with Crippen LogP contribution in [-0.2, 0) is 4.79 Å². The number of benzene rings is 1. The van der Waals surface area contributed by atoms with E-state index in [9.17, 15) is 4.79 Å². The Morgan fingerprint density at radius 1 is 1.41 bits per heavy atom. The lowest BCUT2D eigenvalue weighted by molar-refractivity contribution is -0.122. The molecule has 4 N–H and O–H groups in total. The first-order chi connectivity index (χ1) is 8.12. The zero-order valence-electron chi connectivity index (χ0n) is 10.1. The lowest BCUT2D eigenvalue weighted by Gasteiger charge is -2.36. The van der Waals surface area contributed by atoms with Gasteiger partial charge in [0.15, 0.2) is 0 Å². The molecule has 0 spiro atoms. The second-order valence-corrected chi connectivity index (χ2v) is 4.72. The second-order valence-electron chi connectivity index (χ2n) is 4.72. The zero-order valence-corrected chi connectivity index (χ0v) is 10.1. The number of nitrogens with two attached hydrogens (primary N) is 1. The summed E-state index contributed by atoms with van der Waals surface area (Å²) < 4.78 is 0.